The number of rotatable bonds is 4. The van der Waals surface area contributed by atoms with Gasteiger partial charge < -0.3 is 10.1 Å². The molecule has 0 saturated heterocycles. The van der Waals surface area contributed by atoms with Crippen LogP contribution in [0.2, 0.25) is 5.02 Å². The van der Waals surface area contributed by atoms with Gasteiger partial charge in [-0.25, -0.2) is 4.79 Å². The third kappa shape index (κ3) is 3.29. The number of anilines is 1. The molecule has 2 heterocycles. The summed E-state index contributed by atoms with van der Waals surface area (Å²) >= 11 is 10.8. The number of hydrogen-bond acceptors (Lipinski definition) is 5. The highest BCUT2D eigenvalue weighted by atomic mass is 79.9. The first-order chi connectivity index (χ1) is 12.0. The number of hydrogen-bond donors (Lipinski definition) is 1. The van der Waals surface area contributed by atoms with Crippen molar-refractivity contribution in [2.24, 2.45) is 0 Å². The van der Waals surface area contributed by atoms with Gasteiger partial charge in [-0.15, -0.1) is 11.3 Å². The summed E-state index contributed by atoms with van der Waals surface area (Å²) in [5, 5.41) is 8.07. The number of carbonyl (C=O) groups excluding carboxylic acids is 2. The smallest absolute Gasteiger partial charge is 0.349 e. The number of ether oxygens (including phenoxy) is 1. The van der Waals surface area contributed by atoms with E-state index in [1.54, 1.807) is 29.1 Å². The molecule has 0 aliphatic rings. The minimum atomic E-state index is -0.479. The SMILES string of the molecule is CCn1ncc(Br)c1C(=O)Nc1ccc2c(Cl)c(C(=O)OC)sc2c1. The van der Waals surface area contributed by atoms with Gasteiger partial charge in [-0.3, -0.25) is 9.48 Å². The van der Waals surface area contributed by atoms with Crippen LogP contribution in [0.3, 0.4) is 0 Å². The second kappa shape index (κ2) is 7.15. The van der Waals surface area contributed by atoms with Crippen LogP contribution >= 0.6 is 38.9 Å². The number of esters is 1. The minimum absolute atomic E-state index is 0.276. The first-order valence-electron chi connectivity index (χ1n) is 7.29. The number of amides is 1. The molecular formula is C16H13BrClN3O3S. The predicted octanol–water partition coefficient (Wildman–Crippen LogP) is 4.57. The summed E-state index contributed by atoms with van der Waals surface area (Å²) < 4.78 is 7.75. The normalized spacial score (nSPS) is 10.9. The highest BCUT2D eigenvalue weighted by Gasteiger charge is 2.19. The average Bonchev–Trinajstić information content (AvgIpc) is 3.14. The number of carbonyl (C=O) groups is 2. The molecule has 130 valence electrons. The third-order valence-corrected chi connectivity index (χ3v) is 5.79. The van der Waals surface area contributed by atoms with E-state index in [-0.39, 0.29) is 5.91 Å². The van der Waals surface area contributed by atoms with Gasteiger partial charge in [0.15, 0.2) is 0 Å². The Hall–Kier alpha value is -1.90. The monoisotopic (exact) mass is 441 g/mol. The maximum Gasteiger partial charge on any atom is 0.349 e. The fraction of sp³-hybridized carbons (Fsp3) is 0.188. The first kappa shape index (κ1) is 17.9. The van der Waals surface area contributed by atoms with E-state index in [1.165, 1.54) is 18.4 Å². The highest BCUT2D eigenvalue weighted by Crippen LogP contribution is 2.37. The molecule has 3 aromatic rings. The summed E-state index contributed by atoms with van der Waals surface area (Å²) in [7, 11) is 1.31. The summed E-state index contributed by atoms with van der Waals surface area (Å²) in [6, 6.07) is 5.28. The number of nitrogens with zero attached hydrogens (tertiary/aromatic N) is 2. The highest BCUT2D eigenvalue weighted by molar-refractivity contribution is 9.10. The van der Waals surface area contributed by atoms with Crippen molar-refractivity contribution in [3.8, 4) is 0 Å². The largest absolute Gasteiger partial charge is 0.465 e. The van der Waals surface area contributed by atoms with Crippen LogP contribution in [0.5, 0.6) is 0 Å². The van der Waals surface area contributed by atoms with Crippen molar-refractivity contribution in [2.75, 3.05) is 12.4 Å². The lowest BCUT2D eigenvalue weighted by molar-refractivity contribution is 0.0606. The molecule has 9 heteroatoms. The molecule has 0 bridgehead atoms. The number of thiophene rings is 1. The Balaban J connectivity index is 1.93. The van der Waals surface area contributed by atoms with Gasteiger partial charge in [-0.2, -0.15) is 5.10 Å². The fourth-order valence-corrected chi connectivity index (χ4v) is 4.33. The van der Waals surface area contributed by atoms with E-state index in [0.29, 0.717) is 32.3 Å². The predicted molar refractivity (Wildman–Crippen MR) is 102 cm³/mol. The van der Waals surface area contributed by atoms with Crippen molar-refractivity contribution in [2.45, 2.75) is 13.5 Å². The lowest BCUT2D eigenvalue weighted by atomic mass is 10.2. The van der Waals surface area contributed by atoms with E-state index in [4.69, 9.17) is 16.3 Å². The minimum Gasteiger partial charge on any atom is -0.465 e. The van der Waals surface area contributed by atoms with Crippen LogP contribution in [0.15, 0.2) is 28.9 Å². The van der Waals surface area contributed by atoms with Crippen LogP contribution in [-0.4, -0.2) is 28.8 Å². The molecule has 2 aromatic heterocycles. The molecule has 0 aliphatic carbocycles. The second-order valence-corrected chi connectivity index (χ2v) is 7.34. The number of aryl methyl sites for hydroxylation is 1. The Morgan fingerprint density at radius 1 is 1.44 bits per heavy atom. The fourth-order valence-electron chi connectivity index (χ4n) is 2.39. The third-order valence-electron chi connectivity index (χ3n) is 3.57. The second-order valence-electron chi connectivity index (χ2n) is 5.06. The zero-order chi connectivity index (χ0) is 18.1. The summed E-state index contributed by atoms with van der Waals surface area (Å²) in [4.78, 5) is 24.6. The van der Waals surface area contributed by atoms with E-state index >= 15 is 0 Å². The number of benzene rings is 1. The molecule has 0 atom stereocenters. The van der Waals surface area contributed by atoms with Crippen molar-refractivity contribution in [3.05, 3.63) is 44.5 Å². The molecule has 1 aromatic carbocycles. The van der Waals surface area contributed by atoms with Crippen molar-refractivity contribution < 1.29 is 14.3 Å². The molecule has 0 saturated carbocycles. The molecule has 25 heavy (non-hydrogen) atoms. The van der Waals surface area contributed by atoms with Crippen molar-refractivity contribution in [3.63, 3.8) is 0 Å². The van der Waals surface area contributed by atoms with Crippen LogP contribution < -0.4 is 5.32 Å². The van der Waals surface area contributed by atoms with Gasteiger partial charge in [-0.05, 0) is 41.1 Å². The Kier molecular flexibility index (Phi) is 5.12. The van der Waals surface area contributed by atoms with E-state index in [2.05, 4.69) is 26.3 Å². The molecule has 0 fully saturated rings. The molecule has 1 amide bonds. The lowest BCUT2D eigenvalue weighted by Gasteiger charge is -2.07. The van der Waals surface area contributed by atoms with E-state index in [0.717, 1.165) is 10.1 Å². The van der Waals surface area contributed by atoms with Crippen molar-refractivity contribution in [1.82, 2.24) is 9.78 Å². The quantitative estimate of drug-likeness (QED) is 0.601. The van der Waals surface area contributed by atoms with E-state index in [1.807, 2.05) is 6.92 Å². The van der Waals surface area contributed by atoms with Gasteiger partial charge >= 0.3 is 5.97 Å². The Labute approximate surface area is 160 Å². The zero-order valence-corrected chi connectivity index (χ0v) is 16.5. The molecule has 1 N–H and O–H groups in total. The van der Waals surface area contributed by atoms with Crippen LogP contribution in [0.4, 0.5) is 5.69 Å². The summed E-state index contributed by atoms with van der Waals surface area (Å²) in [6.45, 7) is 2.49. The number of methoxy groups -OCH3 is 1. The molecule has 3 rings (SSSR count). The molecular weight excluding hydrogens is 430 g/mol. The summed E-state index contributed by atoms with van der Waals surface area (Å²) in [5.74, 6) is -0.756. The number of halogens is 2. The molecule has 6 nitrogen and oxygen atoms in total. The van der Waals surface area contributed by atoms with E-state index in [9.17, 15) is 9.59 Å². The topological polar surface area (TPSA) is 73.2 Å². The molecule has 0 aliphatic heterocycles. The Morgan fingerprint density at radius 2 is 2.20 bits per heavy atom. The Morgan fingerprint density at radius 3 is 2.88 bits per heavy atom. The summed E-state index contributed by atoms with van der Waals surface area (Å²) in [6.07, 6.45) is 1.59. The van der Waals surface area contributed by atoms with Crippen LogP contribution in [-0.2, 0) is 11.3 Å². The zero-order valence-electron chi connectivity index (χ0n) is 13.3. The van der Waals surface area contributed by atoms with Crippen LogP contribution in [0.25, 0.3) is 10.1 Å². The maximum absolute atomic E-state index is 12.5. The van der Waals surface area contributed by atoms with Crippen LogP contribution in [0, 0.1) is 0 Å². The number of fused-ring (bicyclic) bond motifs is 1. The standard InChI is InChI=1S/C16H13BrClN3O3S/c1-3-21-13(10(17)7-19-21)15(22)20-8-4-5-9-11(6-8)25-14(12(9)18)16(23)24-2/h4-7H,3H2,1-2H3,(H,20,22). The van der Waals surface area contributed by atoms with Gasteiger partial charge in [0.05, 0.1) is 22.8 Å². The van der Waals surface area contributed by atoms with Crippen molar-refractivity contribution >= 4 is 66.5 Å². The van der Waals surface area contributed by atoms with Gasteiger partial charge in [0.25, 0.3) is 5.91 Å². The molecule has 0 radical (unpaired) electrons. The molecule has 0 unspecified atom stereocenters. The Bertz CT molecular complexity index is 983. The maximum atomic E-state index is 12.5. The summed E-state index contributed by atoms with van der Waals surface area (Å²) in [5.41, 5.74) is 1.05. The van der Waals surface area contributed by atoms with Gasteiger partial charge in [0, 0.05) is 22.3 Å². The molecule has 0 spiro atoms. The lowest BCUT2D eigenvalue weighted by Crippen LogP contribution is -2.17. The van der Waals surface area contributed by atoms with E-state index < -0.39 is 5.97 Å². The van der Waals surface area contributed by atoms with Crippen molar-refractivity contribution in [1.29, 1.82) is 0 Å². The number of aromatic nitrogens is 2. The van der Waals surface area contributed by atoms with Gasteiger partial charge in [0.2, 0.25) is 0 Å². The van der Waals surface area contributed by atoms with Crippen LogP contribution in [0.1, 0.15) is 27.1 Å². The van der Waals surface area contributed by atoms with Gasteiger partial charge in [-0.1, -0.05) is 11.6 Å². The van der Waals surface area contributed by atoms with Gasteiger partial charge in [0.1, 0.15) is 10.6 Å². The average molecular weight is 443 g/mol. The number of nitrogens with one attached hydrogen (secondary N) is 1. The first-order valence-corrected chi connectivity index (χ1v) is 9.28.